The van der Waals surface area contributed by atoms with Crippen molar-refractivity contribution < 1.29 is 27.4 Å². The Morgan fingerprint density at radius 3 is 2.52 bits per heavy atom. The van der Waals surface area contributed by atoms with Crippen molar-refractivity contribution >= 4 is 28.9 Å². The lowest BCUT2D eigenvalue weighted by atomic mass is 10.1. The van der Waals surface area contributed by atoms with Gasteiger partial charge in [-0.25, -0.2) is 0 Å². The van der Waals surface area contributed by atoms with E-state index in [1.807, 2.05) is 12.1 Å². The van der Waals surface area contributed by atoms with Gasteiger partial charge in [0.15, 0.2) is 11.5 Å². The van der Waals surface area contributed by atoms with Gasteiger partial charge in [0.05, 0.1) is 5.56 Å². The molecule has 3 aromatic rings. The number of hydrogen-bond acceptors (Lipinski definition) is 5. The van der Waals surface area contributed by atoms with Gasteiger partial charge >= 0.3 is 11.4 Å². The van der Waals surface area contributed by atoms with Crippen molar-refractivity contribution in [3.63, 3.8) is 0 Å². The molecule has 0 aliphatic carbocycles. The third-order valence-corrected chi connectivity index (χ3v) is 4.72. The molecule has 0 saturated heterocycles. The molecule has 31 heavy (non-hydrogen) atoms. The summed E-state index contributed by atoms with van der Waals surface area (Å²) < 4.78 is 49.6. The van der Waals surface area contributed by atoms with Crippen molar-refractivity contribution in [2.75, 3.05) is 10.6 Å². The van der Waals surface area contributed by atoms with E-state index >= 15 is 0 Å². The number of anilines is 2. The summed E-state index contributed by atoms with van der Waals surface area (Å²) in [5.41, 5.74) is 2.08. The van der Waals surface area contributed by atoms with Gasteiger partial charge in [0.1, 0.15) is 0 Å². The number of nitrogens with zero attached hydrogens (tertiary/aromatic N) is 1. The summed E-state index contributed by atoms with van der Waals surface area (Å²) in [5, 5.41) is 1.93. The van der Waals surface area contributed by atoms with Crippen LogP contribution in [0.2, 0.25) is 0 Å². The Hall–Kier alpha value is -3.46. The number of aromatic nitrogens is 1. The zero-order valence-electron chi connectivity index (χ0n) is 15.7. The van der Waals surface area contributed by atoms with E-state index in [1.165, 1.54) is 6.07 Å². The van der Waals surface area contributed by atoms with Gasteiger partial charge < -0.3 is 20.1 Å². The molecule has 0 radical (unpaired) electrons. The highest BCUT2D eigenvalue weighted by atomic mass is 35.5. The second-order valence-electron chi connectivity index (χ2n) is 6.61. The lowest BCUT2D eigenvalue weighted by molar-refractivity contribution is -0.303. The molecule has 0 spiro atoms. The fraction of sp³-hybridized carbons (Fsp3) is 0.143. The monoisotopic (exact) mass is 449 g/mol. The number of rotatable bonds is 5. The molecule has 160 valence electrons. The summed E-state index contributed by atoms with van der Waals surface area (Å²) in [6.45, 7) is 0.472. The first kappa shape index (κ1) is 20.8. The van der Waals surface area contributed by atoms with E-state index in [0.717, 1.165) is 17.7 Å². The number of hydrogen-bond donors (Lipinski definition) is 2. The van der Waals surface area contributed by atoms with Gasteiger partial charge in [-0.15, -0.1) is 0 Å². The fourth-order valence-electron chi connectivity index (χ4n) is 2.88. The molecule has 2 heterocycles. The lowest BCUT2D eigenvalue weighted by Crippen LogP contribution is -2.51. The SMILES string of the molecule is O=C(Nc1ccc2c(c1)OC(F)(Cl)C(F)(F)O2)c1ccccc1NCc1ccncc1. The number of ether oxygens (including phenoxy) is 2. The average Bonchev–Trinajstić information content (AvgIpc) is 2.74. The molecule has 1 aliphatic heterocycles. The highest BCUT2D eigenvalue weighted by Gasteiger charge is 2.63. The summed E-state index contributed by atoms with van der Waals surface area (Å²) >= 11 is 5.09. The predicted molar refractivity (Wildman–Crippen MR) is 108 cm³/mol. The molecule has 2 N–H and O–H groups in total. The van der Waals surface area contributed by atoms with E-state index in [1.54, 1.807) is 36.7 Å². The Morgan fingerprint density at radius 1 is 1.00 bits per heavy atom. The van der Waals surface area contributed by atoms with Crippen LogP contribution in [0.4, 0.5) is 24.5 Å². The molecular formula is C21H15ClF3N3O3. The van der Waals surface area contributed by atoms with Crippen molar-refractivity contribution in [1.29, 1.82) is 0 Å². The Balaban J connectivity index is 1.51. The molecule has 0 saturated carbocycles. The minimum Gasteiger partial charge on any atom is -0.434 e. The number of benzene rings is 2. The van der Waals surface area contributed by atoms with E-state index in [2.05, 4.69) is 25.1 Å². The number of halogens is 4. The molecule has 1 atom stereocenters. The number of carbonyl (C=O) groups is 1. The molecular weight excluding hydrogens is 435 g/mol. The normalized spacial score (nSPS) is 18.8. The van der Waals surface area contributed by atoms with Crippen LogP contribution in [0.3, 0.4) is 0 Å². The Kier molecular flexibility index (Phi) is 5.36. The van der Waals surface area contributed by atoms with Gasteiger partial charge in [0.2, 0.25) is 0 Å². The van der Waals surface area contributed by atoms with Gasteiger partial charge in [-0.05, 0) is 53.6 Å². The van der Waals surface area contributed by atoms with Crippen LogP contribution in [-0.2, 0) is 6.54 Å². The summed E-state index contributed by atoms with van der Waals surface area (Å²) in [6, 6.07) is 14.1. The molecule has 1 aliphatic rings. The number of carbonyl (C=O) groups excluding carboxylic acids is 1. The molecule has 6 nitrogen and oxygen atoms in total. The van der Waals surface area contributed by atoms with Gasteiger partial charge in [-0.1, -0.05) is 12.1 Å². The first-order valence-electron chi connectivity index (χ1n) is 9.06. The largest absolute Gasteiger partial charge is 0.488 e. The maximum absolute atomic E-state index is 13.8. The number of amides is 1. The molecule has 1 unspecified atom stereocenters. The van der Waals surface area contributed by atoms with Crippen molar-refractivity contribution in [2.45, 2.75) is 18.0 Å². The summed E-state index contributed by atoms with van der Waals surface area (Å²) in [6.07, 6.45) is -1.04. The Labute approximate surface area is 180 Å². The van der Waals surface area contributed by atoms with Gasteiger partial charge in [-0.3, -0.25) is 9.78 Å². The topological polar surface area (TPSA) is 72.5 Å². The van der Waals surface area contributed by atoms with Crippen LogP contribution in [0, 0.1) is 0 Å². The van der Waals surface area contributed by atoms with Crippen molar-refractivity contribution in [1.82, 2.24) is 4.98 Å². The van der Waals surface area contributed by atoms with Gasteiger partial charge in [0, 0.05) is 36.4 Å². The number of pyridine rings is 1. The van der Waals surface area contributed by atoms with Gasteiger partial charge in [0.25, 0.3) is 5.91 Å². The maximum atomic E-state index is 13.8. The second-order valence-corrected chi connectivity index (χ2v) is 7.09. The van der Waals surface area contributed by atoms with Gasteiger partial charge in [-0.2, -0.15) is 13.2 Å². The molecule has 1 amide bonds. The van der Waals surface area contributed by atoms with E-state index in [0.29, 0.717) is 17.8 Å². The van der Waals surface area contributed by atoms with E-state index in [4.69, 9.17) is 11.6 Å². The van der Waals surface area contributed by atoms with Crippen LogP contribution in [0.5, 0.6) is 11.5 Å². The van der Waals surface area contributed by atoms with E-state index in [9.17, 15) is 18.0 Å². The predicted octanol–water partition coefficient (Wildman–Crippen LogP) is 5.17. The lowest BCUT2D eigenvalue weighted by Gasteiger charge is -2.33. The minimum absolute atomic E-state index is 0.175. The molecule has 10 heteroatoms. The Bertz CT molecular complexity index is 1110. The van der Waals surface area contributed by atoms with Crippen LogP contribution >= 0.6 is 11.6 Å². The Morgan fingerprint density at radius 2 is 1.74 bits per heavy atom. The van der Waals surface area contributed by atoms with Crippen LogP contribution in [0.1, 0.15) is 15.9 Å². The van der Waals surface area contributed by atoms with Crippen molar-refractivity contribution in [2.24, 2.45) is 0 Å². The zero-order chi connectivity index (χ0) is 22.1. The number of para-hydroxylation sites is 1. The highest BCUT2D eigenvalue weighted by molar-refractivity contribution is 6.22. The quantitative estimate of drug-likeness (QED) is 0.526. The summed E-state index contributed by atoms with van der Waals surface area (Å²) in [5.74, 6) is -1.25. The second kappa shape index (κ2) is 7.99. The average molecular weight is 450 g/mol. The van der Waals surface area contributed by atoms with E-state index < -0.39 is 23.1 Å². The molecule has 0 fully saturated rings. The van der Waals surface area contributed by atoms with Crippen LogP contribution < -0.4 is 20.1 Å². The first-order chi connectivity index (χ1) is 14.7. The smallest absolute Gasteiger partial charge is 0.434 e. The zero-order valence-corrected chi connectivity index (χ0v) is 16.5. The summed E-state index contributed by atoms with van der Waals surface area (Å²) in [7, 11) is 0. The minimum atomic E-state index is -4.37. The number of fused-ring (bicyclic) bond motifs is 1. The third-order valence-electron chi connectivity index (χ3n) is 4.42. The summed E-state index contributed by atoms with van der Waals surface area (Å²) in [4.78, 5) is 16.7. The van der Waals surface area contributed by atoms with Crippen molar-refractivity contribution in [3.8, 4) is 11.5 Å². The number of nitrogens with one attached hydrogen (secondary N) is 2. The first-order valence-corrected chi connectivity index (χ1v) is 9.44. The fourth-order valence-corrected chi connectivity index (χ4v) is 3.00. The van der Waals surface area contributed by atoms with Crippen LogP contribution in [0.25, 0.3) is 0 Å². The van der Waals surface area contributed by atoms with E-state index in [-0.39, 0.29) is 11.4 Å². The maximum Gasteiger partial charge on any atom is 0.488 e. The van der Waals surface area contributed by atoms with Crippen molar-refractivity contribution in [3.05, 3.63) is 78.1 Å². The standard InChI is InChI=1S/C21H15ClF3N3O3/c22-20(23)21(24,25)31-17-6-5-14(11-18(17)30-20)28-19(29)15-3-1-2-4-16(15)27-12-13-7-9-26-10-8-13/h1-11,27H,12H2,(H,28,29). The molecule has 2 aromatic carbocycles. The molecule has 1 aromatic heterocycles. The van der Waals surface area contributed by atoms with Crippen LogP contribution in [-0.4, -0.2) is 22.3 Å². The number of alkyl halides is 4. The molecule has 4 rings (SSSR count). The third kappa shape index (κ3) is 4.36. The molecule has 0 bridgehead atoms. The highest BCUT2D eigenvalue weighted by Crippen LogP contribution is 2.48. The van der Waals surface area contributed by atoms with Crippen LogP contribution in [0.15, 0.2) is 67.0 Å².